The predicted molar refractivity (Wildman–Crippen MR) is 73.2 cm³/mol. The molecule has 4 nitrogen and oxygen atoms in total. The Morgan fingerprint density at radius 3 is 2.78 bits per heavy atom. The first-order valence-corrected chi connectivity index (χ1v) is 7.42. The smallest absolute Gasteiger partial charge is 0.133 e. The van der Waals surface area contributed by atoms with E-state index in [1.165, 1.54) is 50.8 Å². The van der Waals surface area contributed by atoms with Crippen LogP contribution in [-0.2, 0) is 13.0 Å². The molecule has 0 radical (unpaired) electrons. The first-order valence-electron chi connectivity index (χ1n) is 7.42. The molecule has 1 saturated carbocycles. The highest BCUT2D eigenvalue weighted by Gasteiger charge is 2.20. The minimum absolute atomic E-state index is 0.434. The molecule has 0 spiro atoms. The molecule has 4 heteroatoms. The number of aromatic nitrogens is 3. The van der Waals surface area contributed by atoms with Gasteiger partial charge >= 0.3 is 0 Å². The lowest BCUT2D eigenvalue weighted by Gasteiger charge is -2.25. The van der Waals surface area contributed by atoms with Crippen molar-refractivity contribution in [3.05, 3.63) is 12.2 Å². The number of unbranched alkanes of at least 4 members (excludes halogenated alkanes) is 2. The second-order valence-electron chi connectivity index (χ2n) is 5.63. The molecular weight excluding hydrogens is 224 g/mol. The fourth-order valence-electron chi connectivity index (χ4n) is 2.81. The standard InChI is InChI=1S/C14H26N4/c1-2-3-4-9-18-11-16-17-14(18)10-12-5-7-13(15)8-6-12/h11-13H,2-10,15H2,1H3. The van der Waals surface area contributed by atoms with Gasteiger partial charge in [-0.05, 0) is 38.0 Å². The van der Waals surface area contributed by atoms with Crippen LogP contribution in [0.25, 0.3) is 0 Å². The van der Waals surface area contributed by atoms with Gasteiger partial charge in [0.1, 0.15) is 12.2 Å². The fourth-order valence-corrected chi connectivity index (χ4v) is 2.81. The van der Waals surface area contributed by atoms with Gasteiger partial charge in [-0.25, -0.2) is 0 Å². The molecule has 0 saturated heterocycles. The summed E-state index contributed by atoms with van der Waals surface area (Å²) < 4.78 is 2.24. The highest BCUT2D eigenvalue weighted by atomic mass is 15.3. The summed E-state index contributed by atoms with van der Waals surface area (Å²) in [5.41, 5.74) is 5.95. The fraction of sp³-hybridized carbons (Fsp3) is 0.857. The van der Waals surface area contributed by atoms with Gasteiger partial charge in [0, 0.05) is 19.0 Å². The van der Waals surface area contributed by atoms with E-state index >= 15 is 0 Å². The van der Waals surface area contributed by atoms with Gasteiger partial charge in [0.15, 0.2) is 0 Å². The van der Waals surface area contributed by atoms with Crippen molar-refractivity contribution in [3.63, 3.8) is 0 Å². The van der Waals surface area contributed by atoms with Crippen molar-refractivity contribution in [3.8, 4) is 0 Å². The zero-order chi connectivity index (χ0) is 12.8. The predicted octanol–water partition coefficient (Wildman–Crippen LogP) is 2.53. The summed E-state index contributed by atoms with van der Waals surface area (Å²) in [5, 5.41) is 8.36. The lowest BCUT2D eigenvalue weighted by molar-refractivity contribution is 0.317. The Morgan fingerprint density at radius 2 is 2.06 bits per heavy atom. The topological polar surface area (TPSA) is 56.7 Å². The zero-order valence-corrected chi connectivity index (χ0v) is 11.5. The molecule has 1 fully saturated rings. The zero-order valence-electron chi connectivity index (χ0n) is 11.5. The van der Waals surface area contributed by atoms with Crippen molar-refractivity contribution in [1.29, 1.82) is 0 Å². The van der Waals surface area contributed by atoms with Gasteiger partial charge in [-0.2, -0.15) is 0 Å². The maximum atomic E-state index is 5.95. The van der Waals surface area contributed by atoms with Gasteiger partial charge in [0.2, 0.25) is 0 Å². The van der Waals surface area contributed by atoms with E-state index in [1.807, 2.05) is 6.33 Å². The SMILES string of the molecule is CCCCCn1cnnc1CC1CCC(N)CC1. The number of nitrogens with two attached hydrogens (primary N) is 1. The molecule has 0 atom stereocenters. The number of hydrogen-bond donors (Lipinski definition) is 1. The van der Waals surface area contributed by atoms with Crippen LogP contribution in [0.4, 0.5) is 0 Å². The van der Waals surface area contributed by atoms with Gasteiger partial charge < -0.3 is 10.3 Å². The van der Waals surface area contributed by atoms with E-state index in [0.717, 1.165) is 18.9 Å². The van der Waals surface area contributed by atoms with Gasteiger partial charge in [-0.3, -0.25) is 0 Å². The molecule has 2 N–H and O–H groups in total. The van der Waals surface area contributed by atoms with Gasteiger partial charge in [0.05, 0.1) is 0 Å². The van der Waals surface area contributed by atoms with Crippen molar-refractivity contribution in [2.24, 2.45) is 11.7 Å². The van der Waals surface area contributed by atoms with E-state index in [0.29, 0.717) is 6.04 Å². The maximum Gasteiger partial charge on any atom is 0.133 e. The van der Waals surface area contributed by atoms with Crippen molar-refractivity contribution < 1.29 is 0 Å². The van der Waals surface area contributed by atoms with Crippen molar-refractivity contribution in [2.75, 3.05) is 0 Å². The van der Waals surface area contributed by atoms with Crippen LogP contribution in [0.3, 0.4) is 0 Å². The summed E-state index contributed by atoms with van der Waals surface area (Å²) in [7, 11) is 0. The molecule has 1 aromatic rings. The quantitative estimate of drug-likeness (QED) is 0.789. The van der Waals surface area contributed by atoms with Crippen molar-refractivity contribution >= 4 is 0 Å². The summed E-state index contributed by atoms with van der Waals surface area (Å²) in [4.78, 5) is 0. The van der Waals surface area contributed by atoms with Crippen LogP contribution in [0.15, 0.2) is 6.33 Å². The highest BCUT2D eigenvalue weighted by molar-refractivity contribution is 4.90. The number of hydrogen-bond acceptors (Lipinski definition) is 3. The van der Waals surface area contributed by atoms with E-state index in [4.69, 9.17) is 5.73 Å². The van der Waals surface area contributed by atoms with Crippen LogP contribution in [0.1, 0.15) is 57.7 Å². The molecule has 18 heavy (non-hydrogen) atoms. The third-order valence-corrected chi connectivity index (χ3v) is 4.06. The largest absolute Gasteiger partial charge is 0.328 e. The summed E-state index contributed by atoms with van der Waals surface area (Å²) >= 11 is 0. The molecule has 0 amide bonds. The van der Waals surface area contributed by atoms with E-state index in [9.17, 15) is 0 Å². The number of rotatable bonds is 6. The number of nitrogens with zero attached hydrogens (tertiary/aromatic N) is 3. The summed E-state index contributed by atoms with van der Waals surface area (Å²) in [5.74, 6) is 1.94. The second-order valence-corrected chi connectivity index (χ2v) is 5.63. The Kier molecular flexibility index (Phi) is 5.17. The normalized spacial score (nSPS) is 24.3. The molecule has 1 aliphatic carbocycles. The van der Waals surface area contributed by atoms with Crippen molar-refractivity contribution in [2.45, 2.75) is 70.9 Å². The molecule has 0 aliphatic heterocycles. The molecule has 1 aliphatic rings. The summed E-state index contributed by atoms with van der Waals surface area (Å²) in [6, 6.07) is 0.434. The average molecular weight is 250 g/mol. The Morgan fingerprint density at radius 1 is 1.28 bits per heavy atom. The summed E-state index contributed by atoms with van der Waals surface area (Å²) in [6.07, 6.45) is 11.6. The van der Waals surface area contributed by atoms with E-state index in [-0.39, 0.29) is 0 Å². The number of aryl methyl sites for hydroxylation is 1. The van der Waals surface area contributed by atoms with E-state index in [1.54, 1.807) is 0 Å². The lowest BCUT2D eigenvalue weighted by atomic mass is 9.84. The van der Waals surface area contributed by atoms with Crippen molar-refractivity contribution in [1.82, 2.24) is 14.8 Å². The highest BCUT2D eigenvalue weighted by Crippen LogP contribution is 2.25. The third kappa shape index (κ3) is 3.80. The molecule has 0 aromatic carbocycles. The molecule has 0 bridgehead atoms. The minimum atomic E-state index is 0.434. The first kappa shape index (κ1) is 13.5. The first-order chi connectivity index (χ1) is 8.79. The molecule has 102 valence electrons. The lowest BCUT2D eigenvalue weighted by Crippen LogP contribution is -2.27. The molecular formula is C14H26N4. The summed E-state index contributed by atoms with van der Waals surface area (Å²) in [6.45, 7) is 3.31. The van der Waals surface area contributed by atoms with Crippen LogP contribution in [0, 0.1) is 5.92 Å². The van der Waals surface area contributed by atoms with Crippen LogP contribution in [0.5, 0.6) is 0 Å². The third-order valence-electron chi connectivity index (χ3n) is 4.06. The molecule has 1 heterocycles. The van der Waals surface area contributed by atoms with Crippen LogP contribution in [0.2, 0.25) is 0 Å². The van der Waals surface area contributed by atoms with Crippen LogP contribution in [-0.4, -0.2) is 20.8 Å². The van der Waals surface area contributed by atoms with Crippen LogP contribution < -0.4 is 5.73 Å². The Hall–Kier alpha value is -0.900. The molecule has 1 aromatic heterocycles. The maximum absolute atomic E-state index is 5.95. The second kappa shape index (κ2) is 6.88. The Labute approximate surface area is 110 Å². The van der Waals surface area contributed by atoms with E-state index < -0.39 is 0 Å². The molecule has 2 rings (SSSR count). The van der Waals surface area contributed by atoms with Gasteiger partial charge in [-0.15, -0.1) is 10.2 Å². The minimum Gasteiger partial charge on any atom is -0.328 e. The monoisotopic (exact) mass is 250 g/mol. The van der Waals surface area contributed by atoms with Gasteiger partial charge in [-0.1, -0.05) is 19.8 Å². The van der Waals surface area contributed by atoms with Gasteiger partial charge in [0.25, 0.3) is 0 Å². The Balaban J connectivity index is 1.83. The molecule has 0 unspecified atom stereocenters. The van der Waals surface area contributed by atoms with E-state index in [2.05, 4.69) is 21.7 Å². The van der Waals surface area contributed by atoms with Crippen LogP contribution >= 0.6 is 0 Å². The average Bonchev–Trinajstić information content (AvgIpc) is 2.80. The Bertz CT molecular complexity index is 339.